The van der Waals surface area contributed by atoms with Crippen LogP contribution in [-0.2, 0) is 6.54 Å². The largest absolute Gasteiger partial charge is 0.506 e. The molecule has 88 valence electrons. The molecule has 0 amide bonds. The maximum atomic E-state index is 13.2. The lowest BCUT2D eigenvalue weighted by Crippen LogP contribution is -2.42. The van der Waals surface area contributed by atoms with Gasteiger partial charge >= 0.3 is 0 Å². The Bertz CT molecular complexity index is 380. The molecule has 16 heavy (non-hydrogen) atoms. The first-order valence-electron chi connectivity index (χ1n) is 5.27. The highest BCUT2D eigenvalue weighted by atomic mass is 79.9. The summed E-state index contributed by atoms with van der Waals surface area (Å²) in [5.41, 5.74) is 0.633. The fourth-order valence-electron chi connectivity index (χ4n) is 1.85. The molecule has 2 rings (SSSR count). The quantitative estimate of drug-likeness (QED) is 0.870. The Morgan fingerprint density at radius 1 is 1.38 bits per heavy atom. The van der Waals surface area contributed by atoms with Gasteiger partial charge in [0.25, 0.3) is 0 Å². The maximum Gasteiger partial charge on any atom is 0.134 e. The molecule has 0 unspecified atom stereocenters. The second-order valence-electron chi connectivity index (χ2n) is 3.92. The zero-order valence-electron chi connectivity index (χ0n) is 8.84. The molecule has 1 aliphatic rings. The van der Waals surface area contributed by atoms with Crippen molar-refractivity contribution in [3.63, 3.8) is 0 Å². The predicted octanol–water partition coefficient (Wildman–Crippen LogP) is 1.70. The van der Waals surface area contributed by atoms with E-state index in [1.165, 1.54) is 12.1 Å². The van der Waals surface area contributed by atoms with Gasteiger partial charge in [0.05, 0.1) is 4.47 Å². The molecule has 1 heterocycles. The lowest BCUT2D eigenvalue weighted by molar-refractivity contribution is 0.230. The van der Waals surface area contributed by atoms with Gasteiger partial charge in [-0.1, -0.05) is 0 Å². The van der Waals surface area contributed by atoms with Crippen LogP contribution in [0, 0.1) is 5.82 Å². The van der Waals surface area contributed by atoms with Crippen LogP contribution in [-0.4, -0.2) is 36.2 Å². The molecule has 1 aromatic rings. The molecule has 0 aliphatic carbocycles. The minimum atomic E-state index is -0.324. The van der Waals surface area contributed by atoms with Crippen molar-refractivity contribution in [2.24, 2.45) is 0 Å². The number of phenolic OH excluding ortho intramolecular Hbond substituents is 1. The van der Waals surface area contributed by atoms with E-state index in [1.54, 1.807) is 0 Å². The molecule has 0 radical (unpaired) electrons. The summed E-state index contributed by atoms with van der Waals surface area (Å²) in [7, 11) is 0. The smallest absolute Gasteiger partial charge is 0.134 e. The van der Waals surface area contributed by atoms with Gasteiger partial charge < -0.3 is 10.4 Å². The molecule has 0 aromatic heterocycles. The van der Waals surface area contributed by atoms with Crippen LogP contribution in [0.3, 0.4) is 0 Å². The van der Waals surface area contributed by atoms with Gasteiger partial charge in [-0.2, -0.15) is 0 Å². The maximum absolute atomic E-state index is 13.2. The molecule has 0 saturated carbocycles. The summed E-state index contributed by atoms with van der Waals surface area (Å²) in [5, 5.41) is 13.0. The number of aromatic hydroxyl groups is 1. The van der Waals surface area contributed by atoms with Crippen LogP contribution in [0.5, 0.6) is 5.75 Å². The minimum absolute atomic E-state index is 0.139. The van der Waals surface area contributed by atoms with E-state index in [1.807, 2.05) is 0 Å². The molecule has 0 spiro atoms. The van der Waals surface area contributed by atoms with E-state index in [4.69, 9.17) is 0 Å². The normalized spacial score (nSPS) is 17.6. The Labute approximate surface area is 102 Å². The molecular formula is C11H14BrFN2O. The fourth-order valence-corrected chi connectivity index (χ4v) is 2.32. The summed E-state index contributed by atoms with van der Waals surface area (Å²) in [6.45, 7) is 4.32. The average molecular weight is 289 g/mol. The van der Waals surface area contributed by atoms with Crippen molar-refractivity contribution in [2.45, 2.75) is 6.54 Å². The third kappa shape index (κ3) is 2.72. The van der Waals surface area contributed by atoms with E-state index < -0.39 is 0 Å². The lowest BCUT2D eigenvalue weighted by Gasteiger charge is -2.27. The topological polar surface area (TPSA) is 35.5 Å². The number of nitrogens with one attached hydrogen (secondary N) is 1. The van der Waals surface area contributed by atoms with Crippen LogP contribution < -0.4 is 5.32 Å². The molecular weight excluding hydrogens is 275 g/mol. The summed E-state index contributed by atoms with van der Waals surface area (Å²) >= 11 is 3.14. The Balaban J connectivity index is 2.13. The van der Waals surface area contributed by atoms with E-state index in [0.717, 1.165) is 26.2 Å². The van der Waals surface area contributed by atoms with E-state index in [2.05, 4.69) is 26.1 Å². The van der Waals surface area contributed by atoms with Crippen molar-refractivity contribution in [1.82, 2.24) is 10.2 Å². The van der Waals surface area contributed by atoms with Crippen LogP contribution in [0.4, 0.5) is 4.39 Å². The highest BCUT2D eigenvalue weighted by Gasteiger charge is 2.14. The van der Waals surface area contributed by atoms with Gasteiger partial charge in [-0.25, -0.2) is 4.39 Å². The third-order valence-corrected chi connectivity index (χ3v) is 3.32. The number of hydrogen-bond acceptors (Lipinski definition) is 3. The number of nitrogens with zero attached hydrogens (tertiary/aromatic N) is 1. The van der Waals surface area contributed by atoms with Gasteiger partial charge in [0, 0.05) is 38.3 Å². The zero-order chi connectivity index (χ0) is 11.5. The number of rotatable bonds is 2. The average Bonchev–Trinajstić information content (AvgIpc) is 2.27. The zero-order valence-corrected chi connectivity index (χ0v) is 10.4. The number of halogens is 2. The number of piperazine rings is 1. The van der Waals surface area contributed by atoms with Crippen molar-refractivity contribution in [3.05, 3.63) is 28.0 Å². The first kappa shape index (κ1) is 11.8. The van der Waals surface area contributed by atoms with Gasteiger partial charge in [-0.3, -0.25) is 4.90 Å². The summed E-state index contributed by atoms with van der Waals surface area (Å²) in [6.07, 6.45) is 0. The van der Waals surface area contributed by atoms with Crippen molar-refractivity contribution >= 4 is 15.9 Å². The lowest BCUT2D eigenvalue weighted by atomic mass is 10.1. The van der Waals surface area contributed by atoms with Gasteiger partial charge in [0.1, 0.15) is 11.6 Å². The first-order valence-corrected chi connectivity index (χ1v) is 6.06. The van der Waals surface area contributed by atoms with Crippen molar-refractivity contribution in [3.8, 4) is 5.75 Å². The highest BCUT2D eigenvalue weighted by Crippen LogP contribution is 2.29. The van der Waals surface area contributed by atoms with Crippen LogP contribution in [0.25, 0.3) is 0 Å². The number of phenols is 1. The second kappa shape index (κ2) is 5.12. The monoisotopic (exact) mass is 288 g/mol. The van der Waals surface area contributed by atoms with Crippen molar-refractivity contribution < 1.29 is 9.50 Å². The molecule has 1 aliphatic heterocycles. The standard InChI is InChI=1S/C11H14BrFN2O/c12-10-6-9(13)5-8(11(10)16)7-15-3-1-14-2-4-15/h5-6,14,16H,1-4,7H2. The number of benzene rings is 1. The Kier molecular flexibility index (Phi) is 3.78. The summed E-state index contributed by atoms with van der Waals surface area (Å²) in [5.74, 6) is -0.185. The SMILES string of the molecule is Oc1c(Br)cc(F)cc1CN1CCNCC1. The van der Waals surface area contributed by atoms with Gasteiger partial charge in [0.15, 0.2) is 0 Å². The summed E-state index contributed by atoms with van der Waals surface area (Å²) in [6, 6.07) is 2.67. The molecule has 5 heteroatoms. The van der Waals surface area contributed by atoms with E-state index in [9.17, 15) is 9.50 Å². The van der Waals surface area contributed by atoms with Crippen LogP contribution in [0.2, 0.25) is 0 Å². The Morgan fingerprint density at radius 3 is 2.75 bits per heavy atom. The van der Waals surface area contributed by atoms with E-state index >= 15 is 0 Å². The van der Waals surface area contributed by atoms with Crippen molar-refractivity contribution in [1.29, 1.82) is 0 Å². The van der Waals surface area contributed by atoms with Crippen LogP contribution >= 0.6 is 15.9 Å². The van der Waals surface area contributed by atoms with E-state index in [0.29, 0.717) is 16.6 Å². The highest BCUT2D eigenvalue weighted by molar-refractivity contribution is 9.10. The Morgan fingerprint density at radius 2 is 2.06 bits per heavy atom. The number of hydrogen-bond donors (Lipinski definition) is 2. The molecule has 0 atom stereocenters. The van der Waals surface area contributed by atoms with Gasteiger partial charge in [-0.15, -0.1) is 0 Å². The molecule has 1 fully saturated rings. The third-order valence-electron chi connectivity index (χ3n) is 2.71. The Hall–Kier alpha value is -0.650. The summed E-state index contributed by atoms with van der Waals surface area (Å²) in [4.78, 5) is 2.19. The molecule has 3 nitrogen and oxygen atoms in total. The van der Waals surface area contributed by atoms with Crippen LogP contribution in [0.15, 0.2) is 16.6 Å². The molecule has 2 N–H and O–H groups in total. The van der Waals surface area contributed by atoms with E-state index in [-0.39, 0.29) is 11.6 Å². The first-order chi connectivity index (χ1) is 7.66. The molecule has 1 aromatic carbocycles. The summed E-state index contributed by atoms with van der Waals surface area (Å²) < 4.78 is 13.6. The minimum Gasteiger partial charge on any atom is -0.506 e. The second-order valence-corrected chi connectivity index (χ2v) is 4.78. The predicted molar refractivity (Wildman–Crippen MR) is 63.9 cm³/mol. The van der Waals surface area contributed by atoms with Gasteiger partial charge in [0.2, 0.25) is 0 Å². The molecule has 1 saturated heterocycles. The van der Waals surface area contributed by atoms with Gasteiger partial charge in [-0.05, 0) is 28.1 Å². The molecule has 0 bridgehead atoms. The van der Waals surface area contributed by atoms with Crippen LogP contribution in [0.1, 0.15) is 5.56 Å². The fraction of sp³-hybridized carbons (Fsp3) is 0.455. The van der Waals surface area contributed by atoms with Crippen molar-refractivity contribution in [2.75, 3.05) is 26.2 Å².